The van der Waals surface area contributed by atoms with Crippen LogP contribution in [0.2, 0.25) is 0 Å². The Hall–Kier alpha value is -1.00. The van der Waals surface area contributed by atoms with E-state index in [0.29, 0.717) is 12.1 Å². The van der Waals surface area contributed by atoms with Gasteiger partial charge in [0, 0.05) is 18.2 Å². The maximum atomic E-state index is 13.5. The van der Waals surface area contributed by atoms with Gasteiger partial charge in [-0.05, 0) is 18.9 Å². The highest BCUT2D eigenvalue weighted by molar-refractivity contribution is 5.17. The van der Waals surface area contributed by atoms with E-state index in [0.717, 1.165) is 31.7 Å². The van der Waals surface area contributed by atoms with Crippen LogP contribution in [0.15, 0.2) is 18.2 Å². The zero-order valence-corrected chi connectivity index (χ0v) is 10.4. The van der Waals surface area contributed by atoms with Crippen molar-refractivity contribution in [1.82, 2.24) is 0 Å². The van der Waals surface area contributed by atoms with E-state index < -0.39 is 11.6 Å². The van der Waals surface area contributed by atoms with Crippen LogP contribution >= 0.6 is 0 Å². The fourth-order valence-corrected chi connectivity index (χ4v) is 2.47. The summed E-state index contributed by atoms with van der Waals surface area (Å²) in [6.07, 6.45) is 5.25. The van der Waals surface area contributed by atoms with Gasteiger partial charge in [0.15, 0.2) is 0 Å². The predicted octanol–water partition coefficient (Wildman–Crippen LogP) is 3.14. The topological polar surface area (TPSA) is 35.2 Å². The highest BCUT2D eigenvalue weighted by Crippen LogP contribution is 2.31. The highest BCUT2D eigenvalue weighted by Gasteiger charge is 2.31. The van der Waals surface area contributed by atoms with Gasteiger partial charge in [0.1, 0.15) is 11.6 Å². The van der Waals surface area contributed by atoms with Crippen LogP contribution in [0.3, 0.4) is 0 Å². The summed E-state index contributed by atoms with van der Waals surface area (Å²) in [5.74, 6) is -1.12. The van der Waals surface area contributed by atoms with E-state index in [9.17, 15) is 8.78 Å². The second kappa shape index (κ2) is 5.76. The molecule has 0 bridgehead atoms. The van der Waals surface area contributed by atoms with Crippen LogP contribution in [-0.4, -0.2) is 12.1 Å². The second-order valence-electron chi connectivity index (χ2n) is 4.97. The molecule has 0 aliphatic heterocycles. The molecule has 2 N–H and O–H groups in total. The number of benzene rings is 1. The molecule has 0 atom stereocenters. The fraction of sp³-hybridized carbons (Fsp3) is 0.571. The maximum Gasteiger partial charge on any atom is 0.131 e. The molecule has 2 nitrogen and oxygen atoms in total. The van der Waals surface area contributed by atoms with E-state index in [1.165, 1.54) is 18.6 Å². The average Bonchev–Trinajstić information content (AvgIpc) is 2.39. The van der Waals surface area contributed by atoms with E-state index >= 15 is 0 Å². The molecule has 2 rings (SSSR count). The third kappa shape index (κ3) is 3.06. The van der Waals surface area contributed by atoms with Crippen molar-refractivity contribution in [3.05, 3.63) is 35.4 Å². The second-order valence-corrected chi connectivity index (χ2v) is 4.97. The third-order valence-corrected chi connectivity index (χ3v) is 3.69. The standard InChI is InChI=1S/C14H19F2NO/c15-12-5-4-11(13(16)8-12)9-18-14(10-17)6-2-1-3-7-14/h4-5,8H,1-3,6-7,9-10,17H2. The minimum Gasteiger partial charge on any atom is -0.369 e. The van der Waals surface area contributed by atoms with Crippen molar-refractivity contribution in [2.24, 2.45) is 5.73 Å². The summed E-state index contributed by atoms with van der Waals surface area (Å²) in [4.78, 5) is 0. The number of ether oxygens (including phenoxy) is 1. The molecule has 0 unspecified atom stereocenters. The molecule has 1 saturated carbocycles. The van der Waals surface area contributed by atoms with Crippen LogP contribution in [0.5, 0.6) is 0 Å². The number of hydrogen-bond acceptors (Lipinski definition) is 2. The Bertz CT molecular complexity index is 403. The number of hydrogen-bond donors (Lipinski definition) is 1. The molecular formula is C14H19F2NO. The minimum atomic E-state index is -0.567. The van der Waals surface area contributed by atoms with Gasteiger partial charge < -0.3 is 10.5 Å². The van der Waals surface area contributed by atoms with Gasteiger partial charge in [-0.15, -0.1) is 0 Å². The molecule has 1 fully saturated rings. The van der Waals surface area contributed by atoms with Crippen molar-refractivity contribution >= 4 is 0 Å². The quantitative estimate of drug-likeness (QED) is 0.897. The Morgan fingerprint density at radius 1 is 1.17 bits per heavy atom. The van der Waals surface area contributed by atoms with Crippen molar-refractivity contribution in [3.63, 3.8) is 0 Å². The molecule has 0 aromatic heterocycles. The van der Waals surface area contributed by atoms with Crippen molar-refractivity contribution in [2.45, 2.75) is 44.3 Å². The number of nitrogens with two attached hydrogens (primary N) is 1. The van der Waals surface area contributed by atoms with Crippen molar-refractivity contribution in [2.75, 3.05) is 6.54 Å². The molecule has 0 heterocycles. The van der Waals surface area contributed by atoms with Gasteiger partial charge in [0.25, 0.3) is 0 Å². The minimum absolute atomic E-state index is 0.156. The van der Waals surface area contributed by atoms with E-state index in [1.54, 1.807) is 0 Å². The first kappa shape index (κ1) is 13.4. The van der Waals surface area contributed by atoms with E-state index in [1.807, 2.05) is 0 Å². The Morgan fingerprint density at radius 2 is 1.89 bits per heavy atom. The highest BCUT2D eigenvalue weighted by atomic mass is 19.1. The molecule has 0 saturated heterocycles. The smallest absolute Gasteiger partial charge is 0.131 e. The SMILES string of the molecule is NCC1(OCc2ccc(F)cc2F)CCCCC1. The first-order chi connectivity index (χ1) is 8.65. The summed E-state index contributed by atoms with van der Waals surface area (Å²) in [5, 5.41) is 0. The molecule has 18 heavy (non-hydrogen) atoms. The van der Waals surface area contributed by atoms with E-state index in [-0.39, 0.29) is 12.2 Å². The average molecular weight is 255 g/mol. The molecule has 1 aliphatic rings. The maximum absolute atomic E-state index is 13.5. The van der Waals surface area contributed by atoms with Crippen LogP contribution in [0.25, 0.3) is 0 Å². The third-order valence-electron chi connectivity index (χ3n) is 3.69. The van der Waals surface area contributed by atoms with Crippen LogP contribution in [0, 0.1) is 11.6 Å². The summed E-state index contributed by atoms with van der Waals surface area (Å²) in [6, 6.07) is 3.56. The van der Waals surface area contributed by atoms with Crippen LogP contribution < -0.4 is 5.73 Å². The van der Waals surface area contributed by atoms with Gasteiger partial charge in [-0.3, -0.25) is 0 Å². The molecule has 0 spiro atoms. The first-order valence-corrected chi connectivity index (χ1v) is 6.43. The lowest BCUT2D eigenvalue weighted by Crippen LogP contribution is -2.42. The molecular weight excluding hydrogens is 236 g/mol. The summed E-state index contributed by atoms with van der Waals surface area (Å²) in [5.41, 5.74) is 5.85. The summed E-state index contributed by atoms with van der Waals surface area (Å²) in [6.45, 7) is 0.610. The van der Waals surface area contributed by atoms with Gasteiger partial charge in [0.2, 0.25) is 0 Å². The Labute approximate surface area is 106 Å². The zero-order valence-electron chi connectivity index (χ0n) is 10.4. The van der Waals surface area contributed by atoms with E-state index in [4.69, 9.17) is 10.5 Å². The largest absolute Gasteiger partial charge is 0.369 e. The Morgan fingerprint density at radius 3 is 2.50 bits per heavy atom. The first-order valence-electron chi connectivity index (χ1n) is 6.43. The molecule has 0 amide bonds. The molecule has 100 valence electrons. The lowest BCUT2D eigenvalue weighted by molar-refractivity contribution is -0.0741. The van der Waals surface area contributed by atoms with Gasteiger partial charge in [0.05, 0.1) is 12.2 Å². The van der Waals surface area contributed by atoms with Crippen molar-refractivity contribution < 1.29 is 13.5 Å². The molecule has 4 heteroatoms. The van der Waals surface area contributed by atoms with Crippen LogP contribution in [-0.2, 0) is 11.3 Å². The van der Waals surface area contributed by atoms with Crippen molar-refractivity contribution in [3.8, 4) is 0 Å². The molecule has 1 aliphatic carbocycles. The molecule has 1 aromatic rings. The fourth-order valence-electron chi connectivity index (χ4n) is 2.47. The van der Waals surface area contributed by atoms with Crippen LogP contribution in [0.1, 0.15) is 37.7 Å². The number of halogens is 2. The number of rotatable bonds is 4. The van der Waals surface area contributed by atoms with Gasteiger partial charge >= 0.3 is 0 Å². The Balaban J connectivity index is 2.01. The summed E-state index contributed by atoms with van der Waals surface area (Å²) < 4.78 is 32.1. The Kier molecular flexibility index (Phi) is 4.30. The molecule has 0 radical (unpaired) electrons. The normalized spacial score (nSPS) is 18.8. The molecule has 1 aromatic carbocycles. The van der Waals surface area contributed by atoms with E-state index in [2.05, 4.69) is 0 Å². The van der Waals surface area contributed by atoms with Gasteiger partial charge in [-0.1, -0.05) is 25.3 Å². The predicted molar refractivity (Wildman–Crippen MR) is 66.0 cm³/mol. The van der Waals surface area contributed by atoms with Crippen molar-refractivity contribution in [1.29, 1.82) is 0 Å². The van der Waals surface area contributed by atoms with Crippen LogP contribution in [0.4, 0.5) is 8.78 Å². The summed E-state index contributed by atoms with van der Waals surface area (Å²) >= 11 is 0. The zero-order chi connectivity index (χ0) is 13.0. The lowest BCUT2D eigenvalue weighted by Gasteiger charge is -2.36. The lowest BCUT2D eigenvalue weighted by atomic mass is 9.84. The monoisotopic (exact) mass is 255 g/mol. The van der Waals surface area contributed by atoms with Gasteiger partial charge in [-0.25, -0.2) is 8.78 Å². The summed E-state index contributed by atoms with van der Waals surface area (Å²) in [7, 11) is 0. The van der Waals surface area contributed by atoms with Gasteiger partial charge in [-0.2, -0.15) is 0 Å².